The van der Waals surface area contributed by atoms with E-state index in [0.29, 0.717) is 18.1 Å². The Kier molecular flexibility index (Phi) is 9.56. The number of carbonyl (C=O) groups excluding carboxylic acids is 2. The summed E-state index contributed by atoms with van der Waals surface area (Å²) >= 11 is 0. The molecule has 0 aromatic carbocycles. The van der Waals surface area contributed by atoms with E-state index in [1.807, 2.05) is 11.8 Å². The van der Waals surface area contributed by atoms with Gasteiger partial charge in [0.2, 0.25) is 12.3 Å². The summed E-state index contributed by atoms with van der Waals surface area (Å²) < 4.78 is 4.54. The van der Waals surface area contributed by atoms with Crippen molar-refractivity contribution in [3.63, 3.8) is 0 Å². The maximum absolute atomic E-state index is 12.2. The highest BCUT2D eigenvalue weighted by molar-refractivity contribution is 5.74. The standard InChI is InChI=1S/C18H31N3O2.C3H8O/c1-15(23)21(16-5-3-2-4-6-16)17-8-11-20(12-9-17)18-7-10-19(13-18)14-22;1-3-4-2/h14,16-18H,2-13H2,1H3;3H2,1-2H3. The first kappa shape index (κ1) is 22.2. The average molecular weight is 382 g/mol. The molecule has 0 aromatic heterocycles. The van der Waals surface area contributed by atoms with Gasteiger partial charge in [-0.1, -0.05) is 19.3 Å². The van der Waals surface area contributed by atoms with Crippen LogP contribution in [0, 0.1) is 0 Å². The summed E-state index contributed by atoms with van der Waals surface area (Å²) in [5.41, 5.74) is 0. The number of ether oxygens (including phenoxy) is 1. The van der Waals surface area contributed by atoms with Gasteiger partial charge < -0.3 is 14.5 Å². The van der Waals surface area contributed by atoms with Crippen LogP contribution in [0.1, 0.15) is 65.2 Å². The Labute approximate surface area is 165 Å². The summed E-state index contributed by atoms with van der Waals surface area (Å²) in [6, 6.07) is 1.44. The van der Waals surface area contributed by atoms with Crippen molar-refractivity contribution in [3.05, 3.63) is 0 Å². The number of hydrogen-bond acceptors (Lipinski definition) is 4. The molecule has 27 heavy (non-hydrogen) atoms. The normalized spacial score (nSPS) is 25.0. The number of likely N-dealkylation sites (tertiary alicyclic amines) is 2. The van der Waals surface area contributed by atoms with Crippen LogP contribution in [-0.4, -0.2) is 85.0 Å². The van der Waals surface area contributed by atoms with Crippen LogP contribution in [0.2, 0.25) is 0 Å². The first-order chi connectivity index (χ1) is 13.1. The highest BCUT2D eigenvalue weighted by atomic mass is 16.5. The summed E-state index contributed by atoms with van der Waals surface area (Å²) in [4.78, 5) is 29.8. The third-order valence-electron chi connectivity index (χ3n) is 6.37. The molecular weight excluding hydrogens is 342 g/mol. The molecule has 6 heteroatoms. The Morgan fingerprint density at radius 2 is 1.63 bits per heavy atom. The van der Waals surface area contributed by atoms with Gasteiger partial charge in [0.05, 0.1) is 0 Å². The molecule has 2 amide bonds. The highest BCUT2D eigenvalue weighted by Crippen LogP contribution is 2.29. The molecular formula is C21H39N3O3. The van der Waals surface area contributed by atoms with Gasteiger partial charge >= 0.3 is 0 Å². The Morgan fingerprint density at radius 3 is 2.11 bits per heavy atom. The number of amides is 2. The van der Waals surface area contributed by atoms with E-state index in [4.69, 9.17) is 0 Å². The topological polar surface area (TPSA) is 53.1 Å². The highest BCUT2D eigenvalue weighted by Gasteiger charge is 2.35. The van der Waals surface area contributed by atoms with Crippen LogP contribution < -0.4 is 0 Å². The van der Waals surface area contributed by atoms with Gasteiger partial charge in [0, 0.05) is 64.9 Å². The van der Waals surface area contributed by atoms with E-state index in [-0.39, 0.29) is 5.91 Å². The van der Waals surface area contributed by atoms with Crippen LogP contribution in [0.15, 0.2) is 0 Å². The SMILES string of the molecule is CC(=O)N(C1CCCCC1)C1CCN(C2CCN(C=O)C2)CC1.CCOC. The van der Waals surface area contributed by atoms with Crippen LogP contribution >= 0.6 is 0 Å². The zero-order chi connectivity index (χ0) is 19.6. The predicted molar refractivity (Wildman–Crippen MR) is 108 cm³/mol. The van der Waals surface area contributed by atoms with Crippen LogP contribution in [0.4, 0.5) is 0 Å². The van der Waals surface area contributed by atoms with Crippen molar-refractivity contribution in [1.29, 1.82) is 0 Å². The molecule has 3 rings (SSSR count). The van der Waals surface area contributed by atoms with Crippen molar-refractivity contribution in [3.8, 4) is 0 Å². The van der Waals surface area contributed by atoms with Gasteiger partial charge in [-0.2, -0.15) is 0 Å². The Hall–Kier alpha value is -1.14. The maximum Gasteiger partial charge on any atom is 0.219 e. The zero-order valence-corrected chi connectivity index (χ0v) is 17.6. The molecule has 1 saturated carbocycles. The lowest BCUT2D eigenvalue weighted by atomic mass is 9.91. The number of rotatable bonds is 5. The monoisotopic (exact) mass is 381 g/mol. The minimum absolute atomic E-state index is 0.267. The number of hydrogen-bond donors (Lipinski definition) is 0. The second-order valence-electron chi connectivity index (χ2n) is 8.11. The van der Waals surface area contributed by atoms with E-state index >= 15 is 0 Å². The van der Waals surface area contributed by atoms with Crippen molar-refractivity contribution in [2.75, 3.05) is 39.9 Å². The number of nitrogens with zero attached hydrogens (tertiary/aromatic N) is 3. The fourth-order valence-electron chi connectivity index (χ4n) is 4.86. The first-order valence-corrected chi connectivity index (χ1v) is 10.8. The number of methoxy groups -OCH3 is 1. The molecule has 2 saturated heterocycles. The van der Waals surface area contributed by atoms with E-state index in [1.54, 1.807) is 14.0 Å². The number of piperidine rings is 1. The lowest BCUT2D eigenvalue weighted by Crippen LogP contribution is -2.53. The van der Waals surface area contributed by atoms with Crippen LogP contribution in [-0.2, 0) is 14.3 Å². The second-order valence-corrected chi connectivity index (χ2v) is 8.11. The van der Waals surface area contributed by atoms with Gasteiger partial charge in [-0.3, -0.25) is 14.5 Å². The summed E-state index contributed by atoms with van der Waals surface area (Å²) in [5.74, 6) is 0.267. The third kappa shape index (κ3) is 6.46. The predicted octanol–water partition coefficient (Wildman–Crippen LogP) is 2.52. The summed E-state index contributed by atoms with van der Waals surface area (Å²) in [6.07, 6.45) is 10.5. The van der Waals surface area contributed by atoms with Gasteiger partial charge in [0.1, 0.15) is 0 Å². The summed E-state index contributed by atoms with van der Waals surface area (Å²) in [5, 5.41) is 0. The molecule has 1 atom stereocenters. The molecule has 0 radical (unpaired) electrons. The quantitative estimate of drug-likeness (QED) is 0.687. The Bertz CT molecular complexity index is 444. The molecule has 2 heterocycles. The second kappa shape index (κ2) is 11.6. The molecule has 1 unspecified atom stereocenters. The van der Waals surface area contributed by atoms with Crippen LogP contribution in [0.5, 0.6) is 0 Å². The minimum atomic E-state index is 0.267. The molecule has 2 aliphatic heterocycles. The fourth-order valence-corrected chi connectivity index (χ4v) is 4.86. The molecule has 6 nitrogen and oxygen atoms in total. The van der Waals surface area contributed by atoms with Crippen molar-refractivity contribution in [2.45, 2.75) is 83.3 Å². The number of carbonyl (C=O) groups is 2. The van der Waals surface area contributed by atoms with Gasteiger partial charge in [0.15, 0.2) is 0 Å². The molecule has 0 N–H and O–H groups in total. The first-order valence-electron chi connectivity index (χ1n) is 10.8. The molecule has 0 spiro atoms. The largest absolute Gasteiger partial charge is 0.385 e. The fraction of sp³-hybridized carbons (Fsp3) is 0.905. The Morgan fingerprint density at radius 1 is 1.04 bits per heavy atom. The zero-order valence-electron chi connectivity index (χ0n) is 17.6. The van der Waals surface area contributed by atoms with Crippen molar-refractivity contribution in [2.24, 2.45) is 0 Å². The van der Waals surface area contributed by atoms with Gasteiger partial charge in [-0.05, 0) is 39.0 Å². The third-order valence-corrected chi connectivity index (χ3v) is 6.37. The molecule has 3 fully saturated rings. The molecule has 0 bridgehead atoms. The van der Waals surface area contributed by atoms with E-state index in [1.165, 1.54) is 32.1 Å². The van der Waals surface area contributed by atoms with E-state index < -0.39 is 0 Å². The molecule has 3 aliphatic rings. The lowest BCUT2D eigenvalue weighted by molar-refractivity contribution is -0.136. The van der Waals surface area contributed by atoms with E-state index in [2.05, 4.69) is 14.5 Å². The molecule has 1 aliphatic carbocycles. The Balaban J connectivity index is 0.000000596. The van der Waals surface area contributed by atoms with E-state index in [9.17, 15) is 9.59 Å². The van der Waals surface area contributed by atoms with Crippen LogP contribution in [0.25, 0.3) is 0 Å². The smallest absolute Gasteiger partial charge is 0.219 e. The van der Waals surface area contributed by atoms with E-state index in [0.717, 1.165) is 58.5 Å². The maximum atomic E-state index is 12.2. The van der Waals surface area contributed by atoms with Gasteiger partial charge in [-0.15, -0.1) is 0 Å². The molecule has 156 valence electrons. The molecule has 0 aromatic rings. The van der Waals surface area contributed by atoms with Crippen molar-refractivity contribution >= 4 is 12.3 Å². The van der Waals surface area contributed by atoms with Crippen molar-refractivity contribution < 1.29 is 14.3 Å². The summed E-state index contributed by atoms with van der Waals surface area (Å²) in [7, 11) is 1.68. The lowest BCUT2D eigenvalue weighted by Gasteiger charge is -2.44. The van der Waals surface area contributed by atoms with Crippen LogP contribution in [0.3, 0.4) is 0 Å². The average Bonchev–Trinajstić information content (AvgIpc) is 3.19. The van der Waals surface area contributed by atoms with Crippen molar-refractivity contribution in [1.82, 2.24) is 14.7 Å². The van der Waals surface area contributed by atoms with Gasteiger partial charge in [0.25, 0.3) is 0 Å². The summed E-state index contributed by atoms with van der Waals surface area (Å²) in [6.45, 7) is 8.44. The van der Waals surface area contributed by atoms with Gasteiger partial charge in [-0.25, -0.2) is 0 Å². The minimum Gasteiger partial charge on any atom is -0.385 e.